The summed E-state index contributed by atoms with van der Waals surface area (Å²) in [6.07, 6.45) is 7.02. The van der Waals surface area contributed by atoms with Crippen molar-refractivity contribution < 1.29 is 9.90 Å². The van der Waals surface area contributed by atoms with Gasteiger partial charge in [-0.25, -0.2) is 0 Å². The number of carbonyl (C=O) groups excluding carboxylic acids is 1. The van der Waals surface area contributed by atoms with Gasteiger partial charge in [0.05, 0.1) is 12.6 Å². The molecule has 2 N–H and O–H groups in total. The molecular formula is C18H24N2O2. The fraction of sp³-hybridized carbons (Fsp3) is 0.500. The quantitative estimate of drug-likeness (QED) is 0.784. The number of nitrogens with one attached hydrogen (secondary N) is 1. The molecule has 1 aliphatic rings. The maximum atomic E-state index is 12.1. The van der Waals surface area contributed by atoms with E-state index in [-0.39, 0.29) is 11.8 Å². The third kappa shape index (κ3) is 4.87. The van der Waals surface area contributed by atoms with E-state index in [4.69, 9.17) is 6.42 Å². The monoisotopic (exact) mass is 300 g/mol. The second-order valence-electron chi connectivity index (χ2n) is 5.76. The number of hydrogen-bond donors (Lipinski definition) is 2. The van der Waals surface area contributed by atoms with E-state index in [0.717, 1.165) is 31.5 Å². The molecule has 4 nitrogen and oxygen atoms in total. The Morgan fingerprint density at radius 3 is 2.68 bits per heavy atom. The van der Waals surface area contributed by atoms with Gasteiger partial charge in [0.25, 0.3) is 0 Å². The third-order valence-corrected chi connectivity index (χ3v) is 4.17. The van der Waals surface area contributed by atoms with Crippen LogP contribution in [0.15, 0.2) is 30.3 Å². The molecule has 0 aliphatic carbocycles. The Hall–Kier alpha value is -1.83. The fourth-order valence-corrected chi connectivity index (χ4v) is 2.80. The van der Waals surface area contributed by atoms with E-state index in [0.29, 0.717) is 19.5 Å². The predicted octanol–water partition coefficient (Wildman–Crippen LogP) is 1.57. The second-order valence-corrected chi connectivity index (χ2v) is 5.76. The van der Waals surface area contributed by atoms with Crippen molar-refractivity contribution in [2.24, 2.45) is 5.92 Å². The minimum atomic E-state index is -0.529. The van der Waals surface area contributed by atoms with Crippen LogP contribution in [0.5, 0.6) is 0 Å². The lowest BCUT2D eigenvalue weighted by Gasteiger charge is -2.29. The van der Waals surface area contributed by atoms with Crippen LogP contribution in [0.25, 0.3) is 0 Å². The molecule has 0 bridgehead atoms. The van der Waals surface area contributed by atoms with E-state index >= 15 is 0 Å². The molecule has 0 spiro atoms. The lowest BCUT2D eigenvalue weighted by atomic mass is 9.96. The van der Waals surface area contributed by atoms with Gasteiger partial charge >= 0.3 is 0 Å². The molecule has 1 heterocycles. The van der Waals surface area contributed by atoms with Gasteiger partial charge < -0.3 is 10.4 Å². The maximum Gasteiger partial charge on any atom is 0.223 e. The highest BCUT2D eigenvalue weighted by atomic mass is 16.3. The van der Waals surface area contributed by atoms with Crippen LogP contribution < -0.4 is 5.32 Å². The number of rotatable bonds is 6. The first-order valence-corrected chi connectivity index (χ1v) is 7.87. The zero-order valence-electron chi connectivity index (χ0n) is 12.9. The normalized spacial score (nSPS) is 17.6. The van der Waals surface area contributed by atoms with Gasteiger partial charge in [0, 0.05) is 12.5 Å². The van der Waals surface area contributed by atoms with Crippen LogP contribution in [-0.2, 0) is 4.79 Å². The molecule has 22 heavy (non-hydrogen) atoms. The Morgan fingerprint density at radius 1 is 1.36 bits per heavy atom. The number of amides is 1. The summed E-state index contributed by atoms with van der Waals surface area (Å²) in [4.78, 5) is 14.3. The Morgan fingerprint density at radius 2 is 2.05 bits per heavy atom. The summed E-state index contributed by atoms with van der Waals surface area (Å²) in [5.41, 5.74) is 0.888. The molecule has 0 aromatic heterocycles. The minimum absolute atomic E-state index is 0.0721. The van der Waals surface area contributed by atoms with Crippen molar-refractivity contribution in [3.8, 4) is 12.3 Å². The highest BCUT2D eigenvalue weighted by Gasteiger charge is 2.24. The molecule has 2 rings (SSSR count). The van der Waals surface area contributed by atoms with Gasteiger partial charge in [0.1, 0.15) is 0 Å². The summed E-state index contributed by atoms with van der Waals surface area (Å²) < 4.78 is 0. The maximum absolute atomic E-state index is 12.1. The number of carbonyl (C=O) groups is 1. The molecule has 0 saturated carbocycles. The van der Waals surface area contributed by atoms with Gasteiger partial charge in [-0.1, -0.05) is 36.3 Å². The number of aliphatic hydroxyl groups is 1. The van der Waals surface area contributed by atoms with Crippen LogP contribution in [0.2, 0.25) is 0 Å². The summed E-state index contributed by atoms with van der Waals surface area (Å²) in [5.74, 6) is 2.81. The molecule has 1 saturated heterocycles. The number of hydrogen-bond acceptors (Lipinski definition) is 3. The Labute approximate surface area is 132 Å². The van der Waals surface area contributed by atoms with Crippen LogP contribution in [0.4, 0.5) is 0 Å². The highest BCUT2D eigenvalue weighted by Crippen LogP contribution is 2.18. The highest BCUT2D eigenvalue weighted by molar-refractivity contribution is 5.78. The number of terminal acetylenes is 1. The molecule has 1 atom stereocenters. The zero-order chi connectivity index (χ0) is 15.8. The predicted molar refractivity (Wildman–Crippen MR) is 87.0 cm³/mol. The number of nitrogens with zero attached hydrogens (tertiary/aromatic N) is 1. The topological polar surface area (TPSA) is 52.6 Å². The first-order valence-electron chi connectivity index (χ1n) is 7.87. The van der Waals surface area contributed by atoms with Gasteiger partial charge in [0.2, 0.25) is 5.91 Å². The van der Waals surface area contributed by atoms with Crippen molar-refractivity contribution in [1.29, 1.82) is 0 Å². The standard InChI is InChI=1S/C18H24N2O2/c1-2-12-20-13-9-16(10-14-20)18(22)19-11-8-17(21)15-6-4-3-5-7-15/h1,3-7,16-17,21H,8-14H2,(H,19,22). The summed E-state index contributed by atoms with van der Waals surface area (Å²) in [7, 11) is 0. The van der Waals surface area contributed by atoms with Gasteiger partial charge in [-0.05, 0) is 37.9 Å². The van der Waals surface area contributed by atoms with Crippen molar-refractivity contribution in [1.82, 2.24) is 10.2 Å². The van der Waals surface area contributed by atoms with Crippen molar-refractivity contribution in [2.75, 3.05) is 26.2 Å². The molecule has 1 fully saturated rings. The van der Waals surface area contributed by atoms with E-state index in [1.54, 1.807) is 0 Å². The lowest BCUT2D eigenvalue weighted by Crippen LogP contribution is -2.41. The summed E-state index contributed by atoms with van der Waals surface area (Å²) in [6, 6.07) is 9.52. The number of likely N-dealkylation sites (tertiary alicyclic amines) is 1. The van der Waals surface area contributed by atoms with Crippen molar-refractivity contribution in [2.45, 2.75) is 25.4 Å². The number of piperidine rings is 1. The molecule has 4 heteroatoms. The van der Waals surface area contributed by atoms with E-state index < -0.39 is 6.10 Å². The Balaban J connectivity index is 1.67. The molecule has 0 radical (unpaired) electrons. The average Bonchev–Trinajstić information content (AvgIpc) is 2.56. The molecule has 1 amide bonds. The van der Waals surface area contributed by atoms with Gasteiger partial charge in [-0.3, -0.25) is 9.69 Å². The van der Waals surface area contributed by atoms with Crippen LogP contribution in [0, 0.1) is 18.3 Å². The SMILES string of the molecule is C#CCN1CCC(C(=O)NCCC(O)c2ccccc2)CC1. The summed E-state index contributed by atoms with van der Waals surface area (Å²) in [6.45, 7) is 2.93. The Kier molecular flexibility index (Phi) is 6.45. The van der Waals surface area contributed by atoms with Crippen LogP contribution in [-0.4, -0.2) is 42.1 Å². The van der Waals surface area contributed by atoms with Crippen molar-refractivity contribution in [3.05, 3.63) is 35.9 Å². The first kappa shape index (κ1) is 16.5. The third-order valence-electron chi connectivity index (χ3n) is 4.17. The van der Waals surface area contributed by atoms with Crippen molar-refractivity contribution in [3.63, 3.8) is 0 Å². The zero-order valence-corrected chi connectivity index (χ0v) is 12.9. The number of benzene rings is 1. The number of aliphatic hydroxyl groups excluding tert-OH is 1. The fourth-order valence-electron chi connectivity index (χ4n) is 2.80. The van der Waals surface area contributed by atoms with E-state index in [1.807, 2.05) is 30.3 Å². The lowest BCUT2D eigenvalue weighted by molar-refractivity contribution is -0.126. The molecule has 1 aromatic rings. The Bertz CT molecular complexity index is 502. The van der Waals surface area contributed by atoms with E-state index in [9.17, 15) is 9.90 Å². The minimum Gasteiger partial charge on any atom is -0.388 e. The van der Waals surface area contributed by atoms with Crippen LogP contribution >= 0.6 is 0 Å². The second kappa shape index (κ2) is 8.57. The summed E-state index contributed by atoms with van der Waals surface area (Å²) in [5, 5.41) is 13.0. The van der Waals surface area contributed by atoms with E-state index in [1.165, 1.54) is 0 Å². The summed E-state index contributed by atoms with van der Waals surface area (Å²) >= 11 is 0. The molecule has 1 unspecified atom stereocenters. The smallest absolute Gasteiger partial charge is 0.223 e. The van der Waals surface area contributed by atoms with E-state index in [2.05, 4.69) is 16.1 Å². The molecular weight excluding hydrogens is 276 g/mol. The largest absolute Gasteiger partial charge is 0.388 e. The average molecular weight is 300 g/mol. The van der Waals surface area contributed by atoms with Crippen LogP contribution in [0.1, 0.15) is 30.9 Å². The van der Waals surface area contributed by atoms with Gasteiger partial charge in [-0.2, -0.15) is 0 Å². The molecule has 118 valence electrons. The van der Waals surface area contributed by atoms with Crippen LogP contribution in [0.3, 0.4) is 0 Å². The van der Waals surface area contributed by atoms with Gasteiger partial charge in [-0.15, -0.1) is 6.42 Å². The molecule has 1 aromatic carbocycles. The van der Waals surface area contributed by atoms with Crippen molar-refractivity contribution >= 4 is 5.91 Å². The van der Waals surface area contributed by atoms with Gasteiger partial charge in [0.15, 0.2) is 0 Å². The first-order chi connectivity index (χ1) is 10.7. The molecule has 1 aliphatic heterocycles.